The maximum atomic E-state index is 6.36. The molecule has 0 atom stereocenters. The molecule has 1 aliphatic carbocycles. The van der Waals surface area contributed by atoms with E-state index in [0.29, 0.717) is 11.3 Å². The molecule has 0 spiro atoms. The van der Waals surface area contributed by atoms with Gasteiger partial charge < -0.3 is 4.57 Å². The maximum Gasteiger partial charge on any atom is 0.124 e. The lowest BCUT2D eigenvalue weighted by molar-refractivity contribution is 0.282. The fourth-order valence-electron chi connectivity index (χ4n) is 3.23. The number of hydrogen-bond donors (Lipinski definition) is 0. The average molecular weight is 297 g/mol. The Morgan fingerprint density at radius 2 is 2.05 bits per heavy atom. The highest BCUT2D eigenvalue weighted by atomic mass is 35.5. The van der Waals surface area contributed by atoms with Gasteiger partial charge in [0.2, 0.25) is 0 Å². The second kappa shape index (κ2) is 4.99. The normalized spacial score (nSPS) is 18.3. The summed E-state index contributed by atoms with van der Waals surface area (Å²) in [6.07, 6.45) is 5.21. The lowest BCUT2D eigenvalue weighted by atomic mass is 9.89. The fourth-order valence-corrected chi connectivity index (χ4v) is 3.71. The van der Waals surface area contributed by atoms with Crippen LogP contribution in [-0.4, -0.2) is 9.55 Å². The van der Waals surface area contributed by atoms with Gasteiger partial charge >= 0.3 is 0 Å². The number of aromatic nitrogens is 2. The summed E-state index contributed by atoms with van der Waals surface area (Å²) in [5, 5.41) is 0.767. The Kier molecular flexibility index (Phi) is 3.48. The zero-order valence-electron chi connectivity index (χ0n) is 11.1. The van der Waals surface area contributed by atoms with E-state index >= 15 is 0 Å². The number of imidazole rings is 1. The van der Waals surface area contributed by atoms with E-state index in [1.807, 2.05) is 18.2 Å². The number of nitrogens with zero attached hydrogens (tertiary/aromatic N) is 2. The summed E-state index contributed by atoms with van der Waals surface area (Å²) >= 11 is 12.4. The Balaban J connectivity index is 2.10. The average Bonchev–Trinajstić information content (AvgIpc) is 2.95. The Hall–Kier alpha value is -0.730. The van der Waals surface area contributed by atoms with Gasteiger partial charge in [0.15, 0.2) is 0 Å². The quantitative estimate of drug-likeness (QED) is 0.728. The van der Waals surface area contributed by atoms with E-state index in [4.69, 9.17) is 23.2 Å². The molecule has 0 bridgehead atoms. The highest BCUT2D eigenvalue weighted by molar-refractivity contribution is 6.35. The zero-order valence-corrected chi connectivity index (χ0v) is 12.6. The van der Waals surface area contributed by atoms with E-state index in [9.17, 15) is 0 Å². The molecule has 0 N–H and O–H groups in total. The van der Waals surface area contributed by atoms with Gasteiger partial charge in [-0.05, 0) is 30.4 Å². The second-order valence-electron chi connectivity index (χ2n) is 5.87. The van der Waals surface area contributed by atoms with E-state index in [1.165, 1.54) is 25.7 Å². The van der Waals surface area contributed by atoms with E-state index < -0.39 is 0 Å². The molecule has 0 radical (unpaired) electrons. The van der Waals surface area contributed by atoms with E-state index in [0.717, 1.165) is 28.4 Å². The van der Waals surface area contributed by atoms with Crippen LogP contribution in [0.5, 0.6) is 0 Å². The fraction of sp³-hybridized carbons (Fsp3) is 0.533. The van der Waals surface area contributed by atoms with Crippen LogP contribution in [0.3, 0.4) is 0 Å². The van der Waals surface area contributed by atoms with Crippen LogP contribution in [0.2, 0.25) is 5.02 Å². The molecule has 1 aliphatic rings. The summed E-state index contributed by atoms with van der Waals surface area (Å²) in [5.74, 6) is 1.36. The first-order valence-electron chi connectivity index (χ1n) is 6.83. The van der Waals surface area contributed by atoms with Crippen molar-refractivity contribution in [3.63, 3.8) is 0 Å². The topological polar surface area (TPSA) is 17.8 Å². The van der Waals surface area contributed by atoms with Gasteiger partial charge in [-0.25, -0.2) is 4.98 Å². The first-order valence-corrected chi connectivity index (χ1v) is 7.74. The van der Waals surface area contributed by atoms with Crippen LogP contribution in [0.15, 0.2) is 18.2 Å². The predicted molar refractivity (Wildman–Crippen MR) is 80.9 cm³/mol. The van der Waals surface area contributed by atoms with Crippen molar-refractivity contribution in [2.75, 3.05) is 0 Å². The van der Waals surface area contributed by atoms with Crippen molar-refractivity contribution in [3.05, 3.63) is 29.0 Å². The molecule has 19 heavy (non-hydrogen) atoms. The SMILES string of the molecule is CC1(Cn2c(CCl)nc3cccc(Cl)c32)CCCC1. The van der Waals surface area contributed by atoms with Crippen LogP contribution in [0.25, 0.3) is 11.0 Å². The number of para-hydroxylation sites is 1. The molecule has 102 valence electrons. The Bertz CT molecular complexity index is 597. The van der Waals surface area contributed by atoms with Crippen LogP contribution < -0.4 is 0 Å². The monoisotopic (exact) mass is 296 g/mol. The largest absolute Gasteiger partial charge is 0.325 e. The first kappa shape index (κ1) is 13.3. The summed E-state index contributed by atoms with van der Waals surface area (Å²) in [6.45, 7) is 3.33. The highest BCUT2D eigenvalue weighted by Gasteiger charge is 2.30. The Morgan fingerprint density at radius 1 is 1.32 bits per heavy atom. The molecule has 0 saturated heterocycles. The maximum absolute atomic E-state index is 6.36. The van der Waals surface area contributed by atoms with E-state index in [2.05, 4.69) is 16.5 Å². The second-order valence-corrected chi connectivity index (χ2v) is 6.55. The molecule has 1 saturated carbocycles. The molecular formula is C15H18Cl2N2. The van der Waals surface area contributed by atoms with Crippen LogP contribution >= 0.6 is 23.2 Å². The number of benzene rings is 1. The molecule has 0 amide bonds. The van der Waals surface area contributed by atoms with Gasteiger partial charge in [-0.1, -0.05) is 37.4 Å². The first-order chi connectivity index (χ1) is 9.13. The summed E-state index contributed by atoms with van der Waals surface area (Å²) in [5.41, 5.74) is 2.34. The molecule has 0 aliphatic heterocycles. The number of fused-ring (bicyclic) bond motifs is 1. The molecule has 1 fully saturated rings. The van der Waals surface area contributed by atoms with E-state index in [1.54, 1.807) is 0 Å². The van der Waals surface area contributed by atoms with Crippen molar-refractivity contribution in [2.24, 2.45) is 5.41 Å². The minimum atomic E-state index is 0.355. The Morgan fingerprint density at radius 3 is 2.74 bits per heavy atom. The third-order valence-corrected chi connectivity index (χ3v) is 4.81. The van der Waals surface area contributed by atoms with Crippen LogP contribution in [0, 0.1) is 5.41 Å². The molecule has 1 aromatic carbocycles. The van der Waals surface area contributed by atoms with Gasteiger partial charge in [-0.2, -0.15) is 0 Å². The summed E-state index contributed by atoms with van der Waals surface area (Å²) in [7, 11) is 0. The molecule has 0 unspecified atom stereocenters. The molecule has 1 heterocycles. The van der Waals surface area contributed by atoms with Crippen molar-refractivity contribution in [2.45, 2.75) is 45.0 Å². The van der Waals surface area contributed by atoms with Crippen LogP contribution in [-0.2, 0) is 12.4 Å². The third kappa shape index (κ3) is 2.36. The van der Waals surface area contributed by atoms with Gasteiger partial charge in [0.05, 0.1) is 21.9 Å². The van der Waals surface area contributed by atoms with Gasteiger partial charge in [0.25, 0.3) is 0 Å². The van der Waals surface area contributed by atoms with Crippen molar-refractivity contribution in [1.29, 1.82) is 0 Å². The summed E-state index contributed by atoms with van der Waals surface area (Å²) in [4.78, 5) is 4.61. The minimum absolute atomic E-state index is 0.355. The van der Waals surface area contributed by atoms with Crippen molar-refractivity contribution in [1.82, 2.24) is 9.55 Å². The number of halogens is 2. The van der Waals surface area contributed by atoms with Crippen molar-refractivity contribution < 1.29 is 0 Å². The van der Waals surface area contributed by atoms with Crippen LogP contribution in [0.4, 0.5) is 0 Å². The number of alkyl halides is 1. The summed E-state index contributed by atoms with van der Waals surface area (Å²) in [6, 6.07) is 5.87. The molecule has 1 aromatic heterocycles. The smallest absolute Gasteiger partial charge is 0.124 e. The van der Waals surface area contributed by atoms with Gasteiger partial charge in [0.1, 0.15) is 5.82 Å². The van der Waals surface area contributed by atoms with Gasteiger partial charge in [-0.15, -0.1) is 11.6 Å². The standard InChI is InChI=1S/C15H18Cl2N2/c1-15(7-2-3-8-15)10-19-13(9-16)18-12-6-4-5-11(17)14(12)19/h4-6H,2-3,7-10H2,1H3. The van der Waals surface area contributed by atoms with Crippen molar-refractivity contribution >= 4 is 34.2 Å². The molecule has 2 nitrogen and oxygen atoms in total. The Labute approximate surface area is 123 Å². The highest BCUT2D eigenvalue weighted by Crippen LogP contribution is 2.40. The lowest BCUT2D eigenvalue weighted by Crippen LogP contribution is -2.20. The van der Waals surface area contributed by atoms with Crippen molar-refractivity contribution in [3.8, 4) is 0 Å². The molecular weight excluding hydrogens is 279 g/mol. The minimum Gasteiger partial charge on any atom is -0.325 e. The lowest BCUT2D eigenvalue weighted by Gasteiger charge is -2.25. The van der Waals surface area contributed by atoms with Gasteiger partial charge in [-0.3, -0.25) is 0 Å². The number of rotatable bonds is 3. The number of hydrogen-bond acceptors (Lipinski definition) is 1. The van der Waals surface area contributed by atoms with Crippen LogP contribution in [0.1, 0.15) is 38.4 Å². The molecule has 3 rings (SSSR count). The summed E-state index contributed by atoms with van der Waals surface area (Å²) < 4.78 is 2.23. The zero-order chi connectivity index (χ0) is 13.5. The van der Waals surface area contributed by atoms with E-state index in [-0.39, 0.29) is 0 Å². The van der Waals surface area contributed by atoms with Gasteiger partial charge in [0, 0.05) is 6.54 Å². The molecule has 4 heteroatoms. The third-order valence-electron chi connectivity index (χ3n) is 4.27. The predicted octanol–water partition coefficient (Wildman–Crippen LogP) is 5.01. The molecule has 2 aromatic rings.